The molecular weight excluding hydrogens is 338 g/mol. The first-order valence-electron chi connectivity index (χ1n) is 8.38. The summed E-state index contributed by atoms with van der Waals surface area (Å²) in [5.74, 6) is 1.04. The van der Waals surface area contributed by atoms with E-state index in [1.165, 1.54) is 21.3 Å². The Labute approximate surface area is 150 Å². The van der Waals surface area contributed by atoms with E-state index in [2.05, 4.69) is 4.98 Å². The fourth-order valence-electron chi connectivity index (χ4n) is 3.54. The van der Waals surface area contributed by atoms with E-state index < -0.39 is 0 Å². The number of ether oxygens (including phenoxy) is 3. The SMILES string of the molecule is COc1cc2[nH]c(=O)c(CN3CCC[C@@H]3C(N)=O)cc2c(OC)c1OC. The Balaban J connectivity index is 2.09. The molecule has 26 heavy (non-hydrogen) atoms. The number of rotatable bonds is 6. The minimum absolute atomic E-state index is 0.220. The summed E-state index contributed by atoms with van der Waals surface area (Å²) in [6, 6.07) is 3.13. The van der Waals surface area contributed by atoms with E-state index in [4.69, 9.17) is 19.9 Å². The van der Waals surface area contributed by atoms with Gasteiger partial charge in [-0.3, -0.25) is 14.5 Å². The van der Waals surface area contributed by atoms with Gasteiger partial charge in [-0.1, -0.05) is 0 Å². The highest BCUT2D eigenvalue weighted by Gasteiger charge is 2.29. The summed E-state index contributed by atoms with van der Waals surface area (Å²) in [4.78, 5) is 28.9. The molecule has 1 aromatic carbocycles. The number of hydrogen-bond donors (Lipinski definition) is 2. The standard InChI is InChI=1S/C18H23N3O5/c1-24-14-8-12-11(15(25-2)16(14)26-3)7-10(18(23)20-12)9-21-6-4-5-13(21)17(19)22/h7-8,13H,4-6,9H2,1-3H3,(H2,19,22)(H,20,23)/t13-/m1/s1. The maximum Gasteiger partial charge on any atom is 0.252 e. The number of nitrogens with one attached hydrogen (secondary N) is 1. The van der Waals surface area contributed by atoms with Crippen LogP contribution >= 0.6 is 0 Å². The molecule has 0 radical (unpaired) electrons. The summed E-state index contributed by atoms with van der Waals surface area (Å²) < 4.78 is 16.2. The third kappa shape index (κ3) is 3.08. The average molecular weight is 361 g/mol. The van der Waals surface area contributed by atoms with Crippen molar-refractivity contribution < 1.29 is 19.0 Å². The van der Waals surface area contributed by atoms with Crippen LogP contribution in [-0.2, 0) is 11.3 Å². The quantitative estimate of drug-likeness (QED) is 0.795. The number of methoxy groups -OCH3 is 3. The van der Waals surface area contributed by atoms with E-state index in [0.29, 0.717) is 40.3 Å². The highest BCUT2D eigenvalue weighted by Crippen LogP contribution is 2.42. The summed E-state index contributed by atoms with van der Waals surface area (Å²) in [6.07, 6.45) is 1.60. The number of carbonyl (C=O) groups is 1. The number of nitrogens with two attached hydrogens (primary N) is 1. The lowest BCUT2D eigenvalue weighted by Crippen LogP contribution is -2.40. The minimum Gasteiger partial charge on any atom is -0.493 e. The van der Waals surface area contributed by atoms with Gasteiger partial charge >= 0.3 is 0 Å². The Hall–Kier alpha value is -2.74. The van der Waals surface area contributed by atoms with Gasteiger partial charge in [-0.25, -0.2) is 0 Å². The van der Waals surface area contributed by atoms with Crippen LogP contribution in [0.15, 0.2) is 16.9 Å². The molecule has 1 saturated heterocycles. The Bertz CT molecular complexity index is 893. The van der Waals surface area contributed by atoms with E-state index >= 15 is 0 Å². The van der Waals surface area contributed by atoms with Crippen LogP contribution in [0.1, 0.15) is 18.4 Å². The molecule has 1 aliphatic heterocycles. The van der Waals surface area contributed by atoms with Crippen molar-refractivity contribution in [3.8, 4) is 17.2 Å². The average Bonchev–Trinajstić information content (AvgIpc) is 3.09. The lowest BCUT2D eigenvalue weighted by molar-refractivity contribution is -0.122. The molecule has 0 saturated carbocycles. The molecule has 0 aliphatic carbocycles. The number of amides is 1. The zero-order chi connectivity index (χ0) is 18.8. The first-order chi connectivity index (χ1) is 12.5. The normalized spacial score (nSPS) is 17.4. The zero-order valence-electron chi connectivity index (χ0n) is 15.1. The van der Waals surface area contributed by atoms with Gasteiger partial charge < -0.3 is 24.9 Å². The predicted octanol–water partition coefficient (Wildman–Crippen LogP) is 1.00. The number of aromatic nitrogens is 1. The summed E-state index contributed by atoms with van der Waals surface area (Å²) in [7, 11) is 4.58. The topological polar surface area (TPSA) is 107 Å². The van der Waals surface area contributed by atoms with E-state index in [1.807, 2.05) is 4.90 Å². The molecule has 0 bridgehead atoms. The van der Waals surface area contributed by atoms with Gasteiger partial charge in [0, 0.05) is 23.6 Å². The van der Waals surface area contributed by atoms with Crippen molar-refractivity contribution in [1.29, 1.82) is 0 Å². The van der Waals surface area contributed by atoms with Gasteiger partial charge in [0.15, 0.2) is 11.5 Å². The third-order valence-corrected chi connectivity index (χ3v) is 4.79. The number of pyridine rings is 1. The zero-order valence-corrected chi connectivity index (χ0v) is 15.1. The number of carbonyl (C=O) groups excluding carboxylic acids is 1. The Morgan fingerprint density at radius 3 is 2.58 bits per heavy atom. The molecular formula is C18H23N3O5. The van der Waals surface area contributed by atoms with Gasteiger partial charge in [-0.15, -0.1) is 0 Å². The summed E-state index contributed by atoms with van der Waals surface area (Å²) in [5, 5.41) is 0.703. The van der Waals surface area contributed by atoms with Gasteiger partial charge in [0.25, 0.3) is 5.56 Å². The lowest BCUT2D eigenvalue weighted by atomic mass is 10.1. The van der Waals surface area contributed by atoms with Gasteiger partial charge in [-0.05, 0) is 25.5 Å². The molecule has 3 N–H and O–H groups in total. The van der Waals surface area contributed by atoms with E-state index in [0.717, 1.165) is 19.4 Å². The molecule has 1 fully saturated rings. The van der Waals surface area contributed by atoms with Crippen molar-refractivity contribution >= 4 is 16.8 Å². The van der Waals surface area contributed by atoms with Crippen LogP contribution < -0.4 is 25.5 Å². The van der Waals surface area contributed by atoms with Crippen LogP contribution in [0.25, 0.3) is 10.9 Å². The highest BCUT2D eigenvalue weighted by molar-refractivity contribution is 5.90. The summed E-state index contributed by atoms with van der Waals surface area (Å²) >= 11 is 0. The molecule has 0 spiro atoms. The molecule has 1 amide bonds. The maximum atomic E-state index is 12.5. The van der Waals surface area contributed by atoms with Crippen molar-refractivity contribution in [2.75, 3.05) is 27.9 Å². The molecule has 1 aromatic heterocycles. The second-order valence-electron chi connectivity index (χ2n) is 6.26. The smallest absolute Gasteiger partial charge is 0.252 e. The first-order valence-corrected chi connectivity index (χ1v) is 8.38. The van der Waals surface area contributed by atoms with Crippen LogP contribution in [0.3, 0.4) is 0 Å². The monoisotopic (exact) mass is 361 g/mol. The second kappa shape index (κ2) is 7.25. The number of aromatic amines is 1. The number of nitrogens with zero attached hydrogens (tertiary/aromatic N) is 1. The van der Waals surface area contributed by atoms with Gasteiger partial charge in [0.05, 0.1) is 32.9 Å². The Kier molecular flexibility index (Phi) is 5.03. The second-order valence-corrected chi connectivity index (χ2v) is 6.26. The molecule has 8 heteroatoms. The molecule has 2 heterocycles. The lowest BCUT2D eigenvalue weighted by Gasteiger charge is -2.22. The van der Waals surface area contributed by atoms with Crippen molar-refractivity contribution in [2.45, 2.75) is 25.4 Å². The number of benzene rings is 1. The van der Waals surface area contributed by atoms with Gasteiger partial charge in [0.1, 0.15) is 0 Å². The molecule has 0 unspecified atom stereocenters. The molecule has 1 aliphatic rings. The predicted molar refractivity (Wildman–Crippen MR) is 96.9 cm³/mol. The van der Waals surface area contributed by atoms with Crippen molar-refractivity contribution in [2.24, 2.45) is 5.73 Å². The first kappa shape index (κ1) is 18.1. The largest absolute Gasteiger partial charge is 0.493 e. The fourth-order valence-corrected chi connectivity index (χ4v) is 3.54. The summed E-state index contributed by atoms with van der Waals surface area (Å²) in [6.45, 7) is 1.07. The van der Waals surface area contributed by atoms with Gasteiger partial charge in [-0.2, -0.15) is 0 Å². The highest BCUT2D eigenvalue weighted by atomic mass is 16.5. The van der Waals surface area contributed by atoms with Crippen LogP contribution in [0, 0.1) is 0 Å². The van der Waals surface area contributed by atoms with E-state index in [1.54, 1.807) is 12.1 Å². The van der Waals surface area contributed by atoms with E-state index in [-0.39, 0.29) is 17.5 Å². The molecule has 2 aromatic rings. The van der Waals surface area contributed by atoms with Crippen LogP contribution in [0.5, 0.6) is 17.2 Å². The van der Waals surface area contributed by atoms with Gasteiger partial charge in [0.2, 0.25) is 11.7 Å². The van der Waals surface area contributed by atoms with Crippen molar-refractivity contribution in [3.05, 3.63) is 28.0 Å². The molecule has 3 rings (SSSR count). The summed E-state index contributed by atoms with van der Waals surface area (Å²) in [5.41, 5.74) is 6.37. The van der Waals surface area contributed by atoms with Crippen LogP contribution in [0.4, 0.5) is 0 Å². The van der Waals surface area contributed by atoms with Crippen LogP contribution in [-0.4, -0.2) is 49.7 Å². The number of fused-ring (bicyclic) bond motifs is 1. The fraction of sp³-hybridized carbons (Fsp3) is 0.444. The number of likely N-dealkylation sites (tertiary alicyclic amines) is 1. The minimum atomic E-state index is -0.358. The molecule has 1 atom stereocenters. The number of primary amides is 1. The molecule has 140 valence electrons. The number of H-pyrrole nitrogens is 1. The van der Waals surface area contributed by atoms with Crippen molar-refractivity contribution in [1.82, 2.24) is 9.88 Å². The van der Waals surface area contributed by atoms with Crippen molar-refractivity contribution in [3.63, 3.8) is 0 Å². The Morgan fingerprint density at radius 2 is 1.96 bits per heavy atom. The van der Waals surface area contributed by atoms with E-state index in [9.17, 15) is 9.59 Å². The van der Waals surface area contributed by atoms with Crippen LogP contribution in [0.2, 0.25) is 0 Å². The molecule has 8 nitrogen and oxygen atoms in total. The number of hydrogen-bond acceptors (Lipinski definition) is 6. The Morgan fingerprint density at radius 1 is 1.23 bits per heavy atom. The third-order valence-electron chi connectivity index (χ3n) is 4.79. The maximum absolute atomic E-state index is 12.5.